The number of aliphatic imine (C=N–C) groups is 1. The molecule has 7 nitrogen and oxygen atoms in total. The van der Waals surface area contributed by atoms with Crippen molar-refractivity contribution in [2.24, 2.45) is 10.4 Å². The maximum absolute atomic E-state index is 12.6. The molecule has 1 heterocycles. The van der Waals surface area contributed by atoms with Crippen LogP contribution in [-0.4, -0.2) is 26.7 Å². The Morgan fingerprint density at radius 2 is 1.71 bits per heavy atom. The number of carbonyl (C=O) groups is 1. The zero-order valence-corrected chi connectivity index (χ0v) is 16.7. The maximum atomic E-state index is 12.6. The summed E-state index contributed by atoms with van der Waals surface area (Å²) in [5, 5.41) is 12.3. The number of nitrogens with one attached hydrogen (secondary N) is 2. The van der Waals surface area contributed by atoms with Gasteiger partial charge in [-0.05, 0) is 49.9 Å². The first kappa shape index (κ1) is 20.3. The van der Waals surface area contributed by atoms with Gasteiger partial charge in [0.1, 0.15) is 11.3 Å². The molecule has 150 valence electrons. The van der Waals surface area contributed by atoms with Crippen LogP contribution in [0.15, 0.2) is 34.2 Å². The molecule has 2 aliphatic rings. The van der Waals surface area contributed by atoms with E-state index in [1.807, 2.05) is 0 Å². The number of nitrogens with zero attached hydrogens (tertiary/aromatic N) is 2. The molecule has 28 heavy (non-hydrogen) atoms. The fourth-order valence-electron chi connectivity index (χ4n) is 3.68. The van der Waals surface area contributed by atoms with Gasteiger partial charge in [-0.15, -0.1) is 0 Å². The van der Waals surface area contributed by atoms with Crippen LogP contribution in [0.5, 0.6) is 0 Å². The summed E-state index contributed by atoms with van der Waals surface area (Å²) in [6.45, 7) is 0.642. The Balaban J connectivity index is 1.68. The van der Waals surface area contributed by atoms with Crippen molar-refractivity contribution in [2.75, 3.05) is 11.9 Å². The molecule has 0 spiro atoms. The van der Waals surface area contributed by atoms with Crippen molar-refractivity contribution in [3.63, 3.8) is 0 Å². The smallest absolute Gasteiger partial charge is 0.262 e. The molecular weight excluding hydrogens is 376 g/mol. The number of nitriles is 1. The second kappa shape index (κ2) is 8.74. The van der Waals surface area contributed by atoms with E-state index in [1.165, 1.54) is 12.1 Å². The van der Waals surface area contributed by atoms with Crippen molar-refractivity contribution >= 4 is 27.5 Å². The van der Waals surface area contributed by atoms with Crippen molar-refractivity contribution in [2.45, 2.75) is 62.7 Å². The minimum atomic E-state index is -3.70. The number of benzene rings is 1. The number of anilines is 1. The Bertz CT molecular complexity index is 879. The first-order chi connectivity index (χ1) is 13.5. The lowest BCUT2D eigenvalue weighted by Crippen LogP contribution is -2.36. The van der Waals surface area contributed by atoms with E-state index in [2.05, 4.69) is 21.1 Å². The molecule has 8 heteroatoms. The number of rotatable bonds is 4. The summed E-state index contributed by atoms with van der Waals surface area (Å²) in [6, 6.07) is 8.20. The third-order valence-electron chi connectivity index (χ3n) is 5.40. The van der Waals surface area contributed by atoms with Crippen LogP contribution in [0.3, 0.4) is 0 Å². The molecule has 1 fully saturated rings. The number of amidine groups is 1. The lowest BCUT2D eigenvalue weighted by Gasteiger charge is -2.29. The van der Waals surface area contributed by atoms with Gasteiger partial charge in [0.2, 0.25) is 5.91 Å². The zero-order valence-electron chi connectivity index (χ0n) is 15.9. The van der Waals surface area contributed by atoms with E-state index in [9.17, 15) is 18.5 Å². The van der Waals surface area contributed by atoms with Crippen molar-refractivity contribution in [3.05, 3.63) is 24.3 Å². The highest BCUT2D eigenvalue weighted by atomic mass is 32.2. The maximum Gasteiger partial charge on any atom is 0.262 e. The van der Waals surface area contributed by atoms with Crippen molar-refractivity contribution < 1.29 is 13.2 Å². The first-order valence-corrected chi connectivity index (χ1v) is 11.3. The molecule has 0 unspecified atom stereocenters. The molecule has 1 amide bonds. The van der Waals surface area contributed by atoms with E-state index in [-0.39, 0.29) is 10.8 Å². The predicted octanol–water partition coefficient (Wildman–Crippen LogP) is 3.35. The molecule has 1 aliphatic heterocycles. The molecule has 1 aromatic rings. The van der Waals surface area contributed by atoms with Crippen LogP contribution in [0, 0.1) is 16.7 Å². The average molecular weight is 403 g/mol. The fraction of sp³-hybridized carbons (Fsp3) is 0.550. The molecule has 0 radical (unpaired) electrons. The molecule has 1 aromatic carbocycles. The summed E-state index contributed by atoms with van der Waals surface area (Å²) in [6.07, 6.45) is 7.48. The molecule has 0 saturated heterocycles. The number of sulfonamides is 1. The van der Waals surface area contributed by atoms with Gasteiger partial charge < -0.3 is 5.32 Å². The molecule has 0 aromatic heterocycles. The van der Waals surface area contributed by atoms with Gasteiger partial charge in [-0.2, -0.15) is 5.26 Å². The van der Waals surface area contributed by atoms with Crippen LogP contribution < -0.4 is 10.0 Å². The van der Waals surface area contributed by atoms with E-state index in [4.69, 9.17) is 0 Å². The quantitative estimate of drug-likeness (QED) is 0.804. The van der Waals surface area contributed by atoms with Crippen LogP contribution in [0.25, 0.3) is 0 Å². The SMILES string of the molecule is N#CC1(C(=O)Nc2ccc(S(=O)(=O)NC3=NCCCCC3)cc2)CCCCC1. The second-order valence-corrected chi connectivity index (χ2v) is 9.16. The van der Waals surface area contributed by atoms with Gasteiger partial charge in [0.15, 0.2) is 0 Å². The topological polar surface area (TPSA) is 111 Å². The lowest BCUT2D eigenvalue weighted by atomic mass is 9.74. The summed E-state index contributed by atoms with van der Waals surface area (Å²) in [7, 11) is -3.70. The molecule has 2 N–H and O–H groups in total. The number of hydrogen-bond donors (Lipinski definition) is 2. The Hall–Kier alpha value is -2.40. The summed E-state index contributed by atoms with van der Waals surface area (Å²) in [5.41, 5.74) is -0.502. The zero-order chi connectivity index (χ0) is 20.0. The van der Waals surface area contributed by atoms with E-state index in [0.29, 0.717) is 37.3 Å². The normalized spacial score (nSPS) is 19.6. The molecule has 3 rings (SSSR count). The number of hydrogen-bond acceptors (Lipinski definition) is 5. The summed E-state index contributed by atoms with van der Waals surface area (Å²) < 4.78 is 27.7. The molecule has 1 saturated carbocycles. The van der Waals surface area contributed by atoms with E-state index < -0.39 is 15.4 Å². The van der Waals surface area contributed by atoms with Crippen LogP contribution in [0.1, 0.15) is 57.8 Å². The highest BCUT2D eigenvalue weighted by Crippen LogP contribution is 2.36. The number of amides is 1. The van der Waals surface area contributed by atoms with Gasteiger partial charge in [0.05, 0.1) is 11.0 Å². The summed E-state index contributed by atoms with van der Waals surface area (Å²) in [4.78, 5) is 17.0. The standard InChI is InChI=1S/C20H26N4O3S/c21-15-20(12-4-2-5-13-20)19(25)23-16-8-10-17(11-9-16)28(26,27)24-18-7-3-1-6-14-22-18/h8-11H,1-7,12-14H2,(H,22,24)(H,23,25). The predicted molar refractivity (Wildman–Crippen MR) is 107 cm³/mol. The second-order valence-electron chi connectivity index (χ2n) is 7.48. The molecular formula is C20H26N4O3S. The van der Waals surface area contributed by atoms with Gasteiger partial charge in [0.25, 0.3) is 10.0 Å². The van der Waals surface area contributed by atoms with Crippen molar-refractivity contribution in [1.82, 2.24) is 4.72 Å². The Labute approximate surface area is 166 Å². The van der Waals surface area contributed by atoms with Gasteiger partial charge in [-0.3, -0.25) is 14.5 Å². The average Bonchev–Trinajstić information content (AvgIpc) is 2.97. The summed E-state index contributed by atoms with van der Waals surface area (Å²) >= 11 is 0. The lowest BCUT2D eigenvalue weighted by molar-refractivity contribution is -0.124. The van der Waals surface area contributed by atoms with Crippen molar-refractivity contribution in [3.8, 4) is 6.07 Å². The van der Waals surface area contributed by atoms with Gasteiger partial charge in [0, 0.05) is 18.7 Å². The Morgan fingerprint density at radius 1 is 1.04 bits per heavy atom. The van der Waals surface area contributed by atoms with Crippen LogP contribution >= 0.6 is 0 Å². The Kier molecular flexibility index (Phi) is 6.35. The summed E-state index contributed by atoms with van der Waals surface area (Å²) in [5.74, 6) is 0.194. The van der Waals surface area contributed by atoms with Crippen molar-refractivity contribution in [1.29, 1.82) is 5.26 Å². The molecule has 0 bridgehead atoms. The minimum Gasteiger partial charge on any atom is -0.325 e. The fourth-order valence-corrected chi connectivity index (χ4v) is 4.77. The Morgan fingerprint density at radius 3 is 2.39 bits per heavy atom. The largest absolute Gasteiger partial charge is 0.325 e. The highest BCUT2D eigenvalue weighted by molar-refractivity contribution is 7.90. The van der Waals surface area contributed by atoms with E-state index >= 15 is 0 Å². The molecule has 0 atom stereocenters. The van der Waals surface area contributed by atoms with Gasteiger partial charge in [-0.1, -0.05) is 25.7 Å². The third-order valence-corrected chi connectivity index (χ3v) is 6.80. The van der Waals surface area contributed by atoms with Crippen LogP contribution in [-0.2, 0) is 14.8 Å². The third kappa shape index (κ3) is 4.71. The van der Waals surface area contributed by atoms with Gasteiger partial charge >= 0.3 is 0 Å². The number of carbonyl (C=O) groups excluding carboxylic acids is 1. The van der Waals surface area contributed by atoms with Gasteiger partial charge in [-0.25, -0.2) is 8.42 Å². The molecule has 1 aliphatic carbocycles. The monoisotopic (exact) mass is 402 g/mol. The first-order valence-electron chi connectivity index (χ1n) is 9.84. The van der Waals surface area contributed by atoms with Crippen LogP contribution in [0.2, 0.25) is 0 Å². The highest BCUT2D eigenvalue weighted by Gasteiger charge is 2.39. The van der Waals surface area contributed by atoms with E-state index in [0.717, 1.165) is 38.5 Å². The van der Waals surface area contributed by atoms with Crippen LogP contribution in [0.4, 0.5) is 5.69 Å². The van der Waals surface area contributed by atoms with E-state index in [1.54, 1.807) is 12.1 Å². The minimum absolute atomic E-state index is 0.116.